The van der Waals surface area contributed by atoms with Crippen LogP contribution in [0.5, 0.6) is 0 Å². The van der Waals surface area contributed by atoms with Crippen molar-refractivity contribution in [3.05, 3.63) is 60.3 Å². The van der Waals surface area contributed by atoms with E-state index in [1.807, 2.05) is 18.2 Å². The topological polar surface area (TPSA) is 104 Å². The van der Waals surface area contributed by atoms with Gasteiger partial charge in [-0.15, -0.1) is 0 Å². The molecule has 1 aliphatic rings. The molecule has 4 heterocycles. The quantitative estimate of drug-likeness (QED) is 0.708. The summed E-state index contributed by atoms with van der Waals surface area (Å²) >= 11 is 0. The average Bonchev–Trinajstić information content (AvgIpc) is 3.45. The number of rotatable bonds is 5. The SMILES string of the molecule is O=C(NCC1CCCN(C(=O)c2ccco2)C1)c1cc(-c2ccccn2)n[nH]1. The van der Waals surface area contributed by atoms with E-state index in [9.17, 15) is 9.59 Å². The summed E-state index contributed by atoms with van der Waals surface area (Å²) in [5, 5.41) is 9.85. The van der Waals surface area contributed by atoms with Gasteiger partial charge in [0, 0.05) is 25.8 Å². The largest absolute Gasteiger partial charge is 0.459 e. The Balaban J connectivity index is 1.32. The van der Waals surface area contributed by atoms with Crippen LogP contribution in [0.25, 0.3) is 11.4 Å². The van der Waals surface area contributed by atoms with E-state index >= 15 is 0 Å². The third kappa shape index (κ3) is 3.95. The molecule has 3 aromatic heterocycles. The maximum atomic E-state index is 12.4. The lowest BCUT2D eigenvalue weighted by Gasteiger charge is -2.32. The Morgan fingerprint density at radius 2 is 2.18 bits per heavy atom. The second kappa shape index (κ2) is 8.08. The number of hydrogen-bond acceptors (Lipinski definition) is 5. The number of nitrogens with zero attached hydrogens (tertiary/aromatic N) is 3. The molecule has 1 unspecified atom stereocenters. The molecule has 3 aromatic rings. The molecule has 2 N–H and O–H groups in total. The van der Waals surface area contributed by atoms with Crippen molar-refractivity contribution >= 4 is 11.8 Å². The molecule has 8 heteroatoms. The highest BCUT2D eigenvalue weighted by molar-refractivity contribution is 5.93. The van der Waals surface area contributed by atoms with Crippen LogP contribution in [0, 0.1) is 5.92 Å². The number of carbonyl (C=O) groups is 2. The molecule has 0 bridgehead atoms. The van der Waals surface area contributed by atoms with Gasteiger partial charge in [0.05, 0.1) is 12.0 Å². The normalized spacial score (nSPS) is 16.7. The van der Waals surface area contributed by atoms with Gasteiger partial charge in [-0.05, 0) is 49.1 Å². The first kappa shape index (κ1) is 18.0. The predicted octanol–water partition coefficient (Wildman–Crippen LogP) is 2.35. The van der Waals surface area contributed by atoms with Crippen molar-refractivity contribution in [3.63, 3.8) is 0 Å². The molecular formula is C20H21N5O3. The fourth-order valence-electron chi connectivity index (χ4n) is 3.39. The van der Waals surface area contributed by atoms with Gasteiger partial charge in [-0.3, -0.25) is 19.7 Å². The number of piperidine rings is 1. The zero-order chi connectivity index (χ0) is 19.3. The van der Waals surface area contributed by atoms with E-state index < -0.39 is 0 Å². The Morgan fingerprint density at radius 3 is 2.96 bits per heavy atom. The van der Waals surface area contributed by atoms with Crippen molar-refractivity contribution in [1.29, 1.82) is 0 Å². The lowest BCUT2D eigenvalue weighted by Crippen LogP contribution is -2.43. The first-order valence-corrected chi connectivity index (χ1v) is 9.28. The highest BCUT2D eigenvalue weighted by Gasteiger charge is 2.26. The summed E-state index contributed by atoms with van der Waals surface area (Å²) in [7, 11) is 0. The summed E-state index contributed by atoms with van der Waals surface area (Å²) in [6, 6.07) is 10.6. The van der Waals surface area contributed by atoms with Gasteiger partial charge in [0.1, 0.15) is 11.4 Å². The number of furan rings is 1. The minimum Gasteiger partial charge on any atom is -0.459 e. The van der Waals surface area contributed by atoms with Crippen LogP contribution in [-0.4, -0.2) is 51.5 Å². The van der Waals surface area contributed by atoms with E-state index in [0.717, 1.165) is 12.8 Å². The zero-order valence-electron chi connectivity index (χ0n) is 15.3. The maximum absolute atomic E-state index is 12.4. The summed E-state index contributed by atoms with van der Waals surface area (Å²) in [6.07, 6.45) is 5.05. The molecule has 1 fully saturated rings. The summed E-state index contributed by atoms with van der Waals surface area (Å²) in [5.74, 6) is 0.234. The molecule has 144 valence electrons. The van der Waals surface area contributed by atoms with Gasteiger partial charge in [-0.1, -0.05) is 6.07 Å². The Morgan fingerprint density at radius 1 is 1.25 bits per heavy atom. The highest BCUT2D eigenvalue weighted by Crippen LogP contribution is 2.19. The molecule has 2 amide bonds. The number of hydrogen-bond donors (Lipinski definition) is 2. The van der Waals surface area contributed by atoms with E-state index in [1.165, 1.54) is 6.26 Å². The Hall–Kier alpha value is -3.42. The molecule has 1 saturated heterocycles. The molecule has 0 radical (unpaired) electrons. The molecule has 1 aliphatic heterocycles. The summed E-state index contributed by atoms with van der Waals surface area (Å²) in [5.41, 5.74) is 1.72. The van der Waals surface area contributed by atoms with Crippen molar-refractivity contribution in [2.24, 2.45) is 5.92 Å². The number of carbonyl (C=O) groups excluding carboxylic acids is 2. The zero-order valence-corrected chi connectivity index (χ0v) is 15.3. The minimum absolute atomic E-state index is 0.102. The van der Waals surface area contributed by atoms with Crippen molar-refractivity contribution < 1.29 is 14.0 Å². The fraction of sp³-hybridized carbons (Fsp3) is 0.300. The van der Waals surface area contributed by atoms with Crippen LogP contribution in [-0.2, 0) is 0 Å². The third-order valence-corrected chi connectivity index (χ3v) is 4.84. The lowest BCUT2D eigenvalue weighted by molar-refractivity contribution is 0.0639. The maximum Gasteiger partial charge on any atom is 0.289 e. The number of H-pyrrole nitrogens is 1. The molecule has 1 atom stereocenters. The van der Waals surface area contributed by atoms with Crippen LogP contribution >= 0.6 is 0 Å². The van der Waals surface area contributed by atoms with E-state index in [-0.39, 0.29) is 17.7 Å². The fourth-order valence-corrected chi connectivity index (χ4v) is 3.39. The molecule has 0 spiro atoms. The Labute approximate surface area is 162 Å². The number of likely N-dealkylation sites (tertiary alicyclic amines) is 1. The molecular weight excluding hydrogens is 358 g/mol. The first-order valence-electron chi connectivity index (χ1n) is 9.28. The van der Waals surface area contributed by atoms with Crippen LogP contribution in [0.1, 0.15) is 33.9 Å². The second-order valence-electron chi connectivity index (χ2n) is 6.83. The van der Waals surface area contributed by atoms with Crippen molar-refractivity contribution in [2.45, 2.75) is 12.8 Å². The summed E-state index contributed by atoms with van der Waals surface area (Å²) in [6.45, 7) is 1.80. The summed E-state index contributed by atoms with van der Waals surface area (Å²) < 4.78 is 5.20. The standard InChI is InChI=1S/C20H21N5O3/c26-19(17-11-16(23-24-17)15-6-1-2-8-21-15)22-12-14-5-3-9-25(13-14)20(27)18-7-4-10-28-18/h1-2,4,6-8,10-11,14H,3,5,9,12-13H2,(H,22,26)(H,23,24). The minimum atomic E-state index is -0.218. The van der Waals surface area contributed by atoms with E-state index in [1.54, 1.807) is 29.3 Å². The number of amides is 2. The highest BCUT2D eigenvalue weighted by atomic mass is 16.3. The number of nitrogens with one attached hydrogen (secondary N) is 2. The first-order chi connectivity index (χ1) is 13.7. The number of aromatic amines is 1. The van der Waals surface area contributed by atoms with Crippen LogP contribution < -0.4 is 5.32 Å². The smallest absolute Gasteiger partial charge is 0.289 e. The monoisotopic (exact) mass is 379 g/mol. The van der Waals surface area contributed by atoms with E-state index in [0.29, 0.717) is 42.5 Å². The number of pyridine rings is 1. The van der Waals surface area contributed by atoms with Crippen molar-refractivity contribution in [1.82, 2.24) is 25.4 Å². The molecule has 0 aliphatic carbocycles. The van der Waals surface area contributed by atoms with E-state index in [2.05, 4.69) is 20.5 Å². The van der Waals surface area contributed by atoms with Crippen LogP contribution in [0.2, 0.25) is 0 Å². The van der Waals surface area contributed by atoms with E-state index in [4.69, 9.17) is 4.42 Å². The van der Waals surface area contributed by atoms with Gasteiger partial charge in [0.2, 0.25) is 0 Å². The van der Waals surface area contributed by atoms with Gasteiger partial charge in [-0.25, -0.2) is 0 Å². The van der Waals surface area contributed by atoms with Crippen molar-refractivity contribution in [3.8, 4) is 11.4 Å². The van der Waals surface area contributed by atoms with Crippen LogP contribution in [0.15, 0.2) is 53.3 Å². The molecule has 0 aromatic carbocycles. The molecule has 4 rings (SSSR count). The summed E-state index contributed by atoms with van der Waals surface area (Å²) in [4.78, 5) is 30.9. The predicted molar refractivity (Wildman–Crippen MR) is 101 cm³/mol. The van der Waals surface area contributed by atoms with Gasteiger partial charge >= 0.3 is 0 Å². The molecule has 28 heavy (non-hydrogen) atoms. The Bertz CT molecular complexity index is 936. The van der Waals surface area contributed by atoms with Gasteiger partial charge in [0.25, 0.3) is 11.8 Å². The molecule has 8 nitrogen and oxygen atoms in total. The Kier molecular flexibility index (Phi) is 5.18. The van der Waals surface area contributed by atoms with Crippen LogP contribution in [0.4, 0.5) is 0 Å². The van der Waals surface area contributed by atoms with Crippen LogP contribution in [0.3, 0.4) is 0 Å². The van der Waals surface area contributed by atoms with Gasteiger partial charge in [0.15, 0.2) is 5.76 Å². The number of aromatic nitrogens is 3. The van der Waals surface area contributed by atoms with Gasteiger partial charge in [-0.2, -0.15) is 5.10 Å². The third-order valence-electron chi connectivity index (χ3n) is 4.84. The van der Waals surface area contributed by atoms with Gasteiger partial charge < -0.3 is 14.6 Å². The van der Waals surface area contributed by atoms with Crippen molar-refractivity contribution in [2.75, 3.05) is 19.6 Å². The molecule has 0 saturated carbocycles. The second-order valence-corrected chi connectivity index (χ2v) is 6.83. The average molecular weight is 379 g/mol. The lowest BCUT2D eigenvalue weighted by atomic mass is 9.97.